The molecule has 1 aromatic carbocycles. The van der Waals surface area contributed by atoms with E-state index in [1.54, 1.807) is 24.3 Å². The highest BCUT2D eigenvalue weighted by atomic mass is 35.5. The lowest BCUT2D eigenvalue weighted by Gasteiger charge is -2.30. The average molecular weight is 392 g/mol. The summed E-state index contributed by atoms with van der Waals surface area (Å²) in [5.74, 6) is 0.110. The van der Waals surface area contributed by atoms with Gasteiger partial charge in [-0.3, -0.25) is 14.6 Å². The molecule has 1 aromatic heterocycles. The Labute approximate surface area is 162 Å². The number of aromatic nitrogens is 1. The van der Waals surface area contributed by atoms with Crippen LogP contribution in [0.25, 0.3) is 0 Å². The number of pyridine rings is 1. The molecule has 0 atom stereocenters. The molecule has 1 N–H and O–H groups in total. The molecule has 0 aliphatic carbocycles. The summed E-state index contributed by atoms with van der Waals surface area (Å²) in [6.07, 6.45) is 4.88. The Morgan fingerprint density at radius 1 is 1.12 bits per heavy atom. The fourth-order valence-corrected chi connectivity index (χ4v) is 3.37. The number of carbonyl (C=O) groups is 2. The van der Waals surface area contributed by atoms with Gasteiger partial charge in [0, 0.05) is 25.5 Å². The van der Waals surface area contributed by atoms with Gasteiger partial charge in [0.25, 0.3) is 11.8 Å². The molecule has 0 bridgehead atoms. The second kappa shape index (κ2) is 8.06. The summed E-state index contributed by atoms with van der Waals surface area (Å²) in [5, 5.41) is 3.36. The summed E-state index contributed by atoms with van der Waals surface area (Å²) >= 11 is 12.2. The molecular weight excluding hydrogens is 373 g/mol. The van der Waals surface area contributed by atoms with E-state index in [4.69, 9.17) is 23.2 Å². The molecule has 1 aliphatic heterocycles. The van der Waals surface area contributed by atoms with Crippen LogP contribution in [-0.2, 0) is 0 Å². The quantitative estimate of drug-likeness (QED) is 0.836. The van der Waals surface area contributed by atoms with Gasteiger partial charge in [-0.2, -0.15) is 0 Å². The van der Waals surface area contributed by atoms with Crippen molar-refractivity contribution in [2.75, 3.05) is 18.4 Å². The first-order valence-electron chi connectivity index (χ1n) is 8.45. The Morgan fingerprint density at radius 3 is 2.38 bits per heavy atom. The Morgan fingerprint density at radius 2 is 1.73 bits per heavy atom. The van der Waals surface area contributed by atoms with Crippen LogP contribution in [0.15, 0.2) is 36.7 Å². The van der Waals surface area contributed by atoms with Crippen LogP contribution < -0.4 is 5.32 Å². The van der Waals surface area contributed by atoms with Crippen LogP contribution in [0.3, 0.4) is 0 Å². The minimum absolute atomic E-state index is 0.102. The Bertz CT molecular complexity index is 813. The van der Waals surface area contributed by atoms with Crippen molar-refractivity contribution in [3.05, 3.63) is 57.8 Å². The number of para-hydroxylation sites is 1. The van der Waals surface area contributed by atoms with Gasteiger partial charge in [0.2, 0.25) is 0 Å². The third-order valence-electron chi connectivity index (χ3n) is 4.52. The normalized spacial score (nSPS) is 15.0. The van der Waals surface area contributed by atoms with E-state index >= 15 is 0 Å². The fourth-order valence-electron chi connectivity index (χ4n) is 2.88. The molecule has 0 radical (unpaired) electrons. The first-order valence-corrected chi connectivity index (χ1v) is 9.21. The zero-order chi connectivity index (χ0) is 18.7. The molecule has 0 saturated carbocycles. The Kier molecular flexibility index (Phi) is 5.79. The lowest BCUT2D eigenvalue weighted by Crippen LogP contribution is -2.38. The molecule has 136 valence electrons. The van der Waals surface area contributed by atoms with Crippen molar-refractivity contribution in [1.29, 1.82) is 0 Å². The number of carbonyl (C=O) groups excluding carboxylic acids is 2. The number of benzene rings is 1. The Balaban J connectivity index is 1.76. The number of amides is 2. The number of halogens is 2. The van der Waals surface area contributed by atoms with Crippen molar-refractivity contribution in [2.24, 2.45) is 5.92 Å². The standard InChI is InChI=1S/C19H19Cl2N3O2/c1-12-5-7-24(8-6-12)19(26)14-9-13(10-22-11-14)18(25)23-17-15(20)3-2-4-16(17)21/h2-4,9-12H,5-8H2,1H3,(H,23,25). The molecule has 1 saturated heterocycles. The molecule has 1 aliphatic rings. The maximum absolute atomic E-state index is 12.7. The monoisotopic (exact) mass is 391 g/mol. The highest BCUT2D eigenvalue weighted by molar-refractivity contribution is 6.40. The van der Waals surface area contributed by atoms with E-state index < -0.39 is 5.91 Å². The van der Waals surface area contributed by atoms with Crippen molar-refractivity contribution in [1.82, 2.24) is 9.88 Å². The number of hydrogen-bond acceptors (Lipinski definition) is 3. The molecule has 5 nitrogen and oxygen atoms in total. The van der Waals surface area contributed by atoms with E-state index in [2.05, 4.69) is 17.2 Å². The van der Waals surface area contributed by atoms with E-state index in [1.807, 2.05) is 4.90 Å². The molecule has 2 aromatic rings. The van der Waals surface area contributed by atoms with Crippen LogP contribution >= 0.6 is 23.2 Å². The molecule has 0 spiro atoms. The lowest BCUT2D eigenvalue weighted by atomic mass is 9.98. The highest BCUT2D eigenvalue weighted by Gasteiger charge is 2.22. The summed E-state index contributed by atoms with van der Waals surface area (Å²) in [7, 11) is 0. The van der Waals surface area contributed by atoms with Crippen molar-refractivity contribution in [2.45, 2.75) is 19.8 Å². The lowest BCUT2D eigenvalue weighted by molar-refractivity contribution is 0.0697. The van der Waals surface area contributed by atoms with Crippen LogP contribution in [0.4, 0.5) is 5.69 Å². The van der Waals surface area contributed by atoms with Crippen molar-refractivity contribution in [3.63, 3.8) is 0 Å². The topological polar surface area (TPSA) is 62.3 Å². The van der Waals surface area contributed by atoms with Gasteiger partial charge >= 0.3 is 0 Å². The third-order valence-corrected chi connectivity index (χ3v) is 5.15. The summed E-state index contributed by atoms with van der Waals surface area (Å²) in [6.45, 7) is 3.64. The Hall–Kier alpha value is -2.11. The van der Waals surface area contributed by atoms with Crippen molar-refractivity contribution < 1.29 is 9.59 Å². The second-order valence-corrected chi connectivity index (χ2v) is 7.30. The number of rotatable bonds is 3. The maximum atomic E-state index is 12.7. The van der Waals surface area contributed by atoms with Crippen molar-refractivity contribution >= 4 is 40.7 Å². The summed E-state index contributed by atoms with van der Waals surface area (Å²) in [4.78, 5) is 31.0. The first-order chi connectivity index (χ1) is 12.5. The molecular formula is C19H19Cl2N3O2. The van der Waals surface area contributed by atoms with Crippen LogP contribution in [-0.4, -0.2) is 34.8 Å². The molecule has 2 amide bonds. The first kappa shape index (κ1) is 18.7. The summed E-state index contributed by atoms with van der Waals surface area (Å²) in [5.41, 5.74) is 1.01. The largest absolute Gasteiger partial charge is 0.339 e. The predicted octanol–water partition coefficient (Wildman–Crippen LogP) is 4.51. The summed E-state index contributed by atoms with van der Waals surface area (Å²) in [6, 6.07) is 6.52. The van der Waals surface area contributed by atoms with E-state index in [-0.39, 0.29) is 11.5 Å². The number of nitrogens with one attached hydrogen (secondary N) is 1. The van der Waals surface area contributed by atoms with Gasteiger partial charge in [-0.25, -0.2) is 0 Å². The SMILES string of the molecule is CC1CCN(C(=O)c2cncc(C(=O)Nc3c(Cl)cccc3Cl)c2)CC1. The number of piperidine rings is 1. The van der Waals surface area contributed by atoms with Crippen LogP contribution in [0.5, 0.6) is 0 Å². The highest BCUT2D eigenvalue weighted by Crippen LogP contribution is 2.30. The number of anilines is 1. The smallest absolute Gasteiger partial charge is 0.257 e. The van der Waals surface area contributed by atoms with Gasteiger partial charge in [-0.05, 0) is 37.0 Å². The minimum Gasteiger partial charge on any atom is -0.339 e. The zero-order valence-corrected chi connectivity index (χ0v) is 15.8. The van der Waals surface area contributed by atoms with Gasteiger partial charge in [0.05, 0.1) is 26.9 Å². The van der Waals surface area contributed by atoms with E-state index in [0.717, 1.165) is 25.9 Å². The average Bonchev–Trinajstić information content (AvgIpc) is 2.65. The molecule has 7 heteroatoms. The fraction of sp³-hybridized carbons (Fsp3) is 0.316. The molecule has 2 heterocycles. The molecule has 3 rings (SSSR count). The molecule has 26 heavy (non-hydrogen) atoms. The van der Waals surface area contributed by atoms with Gasteiger partial charge in [0.1, 0.15) is 0 Å². The number of nitrogens with zero attached hydrogens (tertiary/aromatic N) is 2. The van der Waals surface area contributed by atoms with Gasteiger partial charge in [-0.15, -0.1) is 0 Å². The maximum Gasteiger partial charge on any atom is 0.257 e. The van der Waals surface area contributed by atoms with Crippen LogP contribution in [0.2, 0.25) is 10.0 Å². The van der Waals surface area contributed by atoms with Gasteiger partial charge in [-0.1, -0.05) is 36.2 Å². The van der Waals surface area contributed by atoms with Gasteiger partial charge in [0.15, 0.2) is 0 Å². The number of likely N-dealkylation sites (tertiary alicyclic amines) is 1. The van der Waals surface area contributed by atoms with E-state index in [1.165, 1.54) is 12.4 Å². The molecule has 1 fully saturated rings. The number of hydrogen-bond donors (Lipinski definition) is 1. The summed E-state index contributed by atoms with van der Waals surface area (Å²) < 4.78 is 0. The third kappa shape index (κ3) is 4.17. The molecule has 0 unspecified atom stereocenters. The van der Waals surface area contributed by atoms with E-state index in [9.17, 15) is 9.59 Å². The minimum atomic E-state index is -0.422. The van der Waals surface area contributed by atoms with Crippen molar-refractivity contribution in [3.8, 4) is 0 Å². The predicted molar refractivity (Wildman–Crippen MR) is 103 cm³/mol. The second-order valence-electron chi connectivity index (χ2n) is 6.49. The van der Waals surface area contributed by atoms with Gasteiger partial charge < -0.3 is 10.2 Å². The van der Waals surface area contributed by atoms with E-state index in [0.29, 0.717) is 27.2 Å². The zero-order valence-electron chi connectivity index (χ0n) is 14.3. The van der Waals surface area contributed by atoms with Crippen LogP contribution in [0.1, 0.15) is 40.5 Å². The van der Waals surface area contributed by atoms with Crippen LogP contribution in [0, 0.1) is 5.92 Å².